The van der Waals surface area contributed by atoms with Crippen LogP contribution in [0.5, 0.6) is 0 Å². The molecule has 1 aromatic rings. The molecule has 23 heavy (non-hydrogen) atoms. The number of carbonyl (C=O) groups excluding carboxylic acids is 2. The van der Waals surface area contributed by atoms with Gasteiger partial charge in [-0.25, -0.2) is 9.59 Å². The summed E-state index contributed by atoms with van der Waals surface area (Å²) in [6, 6.07) is 7.48. The monoisotopic (exact) mass is 321 g/mol. The van der Waals surface area contributed by atoms with Gasteiger partial charge in [-0.3, -0.25) is 0 Å². The van der Waals surface area contributed by atoms with Crippen LogP contribution in [0.2, 0.25) is 0 Å². The smallest absolute Gasteiger partial charge is 0.409 e. The van der Waals surface area contributed by atoms with Gasteiger partial charge >= 0.3 is 12.1 Å². The van der Waals surface area contributed by atoms with E-state index in [1.165, 1.54) is 10.5 Å². The molecule has 0 bridgehead atoms. The Morgan fingerprint density at radius 2 is 1.61 bits per heavy atom. The van der Waals surface area contributed by atoms with Gasteiger partial charge in [0.15, 0.2) is 0 Å². The first-order chi connectivity index (χ1) is 10.8. The topological polar surface area (TPSA) is 55.8 Å². The normalized spacial score (nSPS) is 13.1. The number of rotatable bonds is 7. The molecule has 0 radical (unpaired) electrons. The van der Waals surface area contributed by atoms with Gasteiger partial charge < -0.3 is 14.4 Å². The summed E-state index contributed by atoms with van der Waals surface area (Å²) in [4.78, 5) is 24.9. The van der Waals surface area contributed by atoms with E-state index in [0.29, 0.717) is 12.0 Å². The Morgan fingerprint density at radius 1 is 1.04 bits per heavy atom. The molecular weight excluding hydrogens is 294 g/mol. The first kappa shape index (κ1) is 19.0. The van der Waals surface area contributed by atoms with Crippen molar-refractivity contribution in [2.24, 2.45) is 0 Å². The maximum Gasteiger partial charge on any atom is 0.409 e. The molecule has 2 atom stereocenters. The Bertz CT molecular complexity index is 510. The maximum atomic E-state index is 12.1. The summed E-state index contributed by atoms with van der Waals surface area (Å²) in [5.74, 6) is -0.355. The molecule has 0 heterocycles. The summed E-state index contributed by atoms with van der Waals surface area (Å²) in [7, 11) is 3.25. The zero-order valence-corrected chi connectivity index (χ0v) is 14.7. The minimum atomic E-state index is -0.400. The van der Waals surface area contributed by atoms with Gasteiger partial charge in [0.25, 0.3) is 0 Å². The van der Waals surface area contributed by atoms with Gasteiger partial charge in [-0.1, -0.05) is 25.5 Å². The summed E-state index contributed by atoms with van der Waals surface area (Å²) in [6.45, 7) is 5.70. The van der Waals surface area contributed by atoms with Gasteiger partial charge in [-0.15, -0.1) is 0 Å². The van der Waals surface area contributed by atoms with E-state index in [9.17, 15) is 9.59 Å². The van der Waals surface area contributed by atoms with Crippen molar-refractivity contribution in [3.05, 3.63) is 35.4 Å². The lowest BCUT2D eigenvalue weighted by molar-refractivity contribution is 0.0157. The van der Waals surface area contributed by atoms with Gasteiger partial charge in [0.1, 0.15) is 12.2 Å². The molecule has 1 amide bonds. The van der Waals surface area contributed by atoms with E-state index in [1.54, 1.807) is 40.1 Å². The molecule has 1 rings (SSSR count). The average molecular weight is 321 g/mol. The number of amides is 1. The Kier molecular flexibility index (Phi) is 7.59. The lowest BCUT2D eigenvalue weighted by Crippen LogP contribution is -2.29. The van der Waals surface area contributed by atoms with Crippen molar-refractivity contribution in [2.45, 2.75) is 52.2 Å². The van der Waals surface area contributed by atoms with Crippen LogP contribution in [0.4, 0.5) is 4.79 Å². The van der Waals surface area contributed by atoms with E-state index in [-0.39, 0.29) is 18.2 Å². The van der Waals surface area contributed by atoms with E-state index in [0.717, 1.165) is 12.8 Å². The zero-order chi connectivity index (χ0) is 17.4. The van der Waals surface area contributed by atoms with Crippen LogP contribution in [-0.2, 0) is 15.9 Å². The minimum Gasteiger partial charge on any atom is -0.459 e. The molecule has 0 aliphatic heterocycles. The van der Waals surface area contributed by atoms with E-state index in [1.807, 2.05) is 12.1 Å². The summed E-state index contributed by atoms with van der Waals surface area (Å²) in [5, 5.41) is 0. The molecule has 1 aromatic carbocycles. The third-order valence-electron chi connectivity index (χ3n) is 3.37. The highest BCUT2D eigenvalue weighted by Crippen LogP contribution is 2.12. The highest BCUT2D eigenvalue weighted by Gasteiger charge is 2.18. The van der Waals surface area contributed by atoms with Crippen molar-refractivity contribution >= 4 is 12.1 Å². The van der Waals surface area contributed by atoms with E-state index in [4.69, 9.17) is 9.47 Å². The number of nitrogens with zero attached hydrogens (tertiary/aromatic N) is 1. The molecule has 0 saturated carbocycles. The van der Waals surface area contributed by atoms with Crippen molar-refractivity contribution in [3.8, 4) is 0 Å². The van der Waals surface area contributed by atoms with Gasteiger partial charge in [-0.05, 0) is 38.0 Å². The fraction of sp³-hybridized carbons (Fsp3) is 0.556. The number of aryl methyl sites for hydroxylation is 1. The molecule has 5 heteroatoms. The lowest BCUT2D eigenvalue weighted by atomic mass is 10.1. The predicted octanol–water partition coefficient (Wildman–Crippen LogP) is 3.66. The molecule has 2 unspecified atom stereocenters. The minimum absolute atomic E-state index is 0.320. The Hall–Kier alpha value is -2.04. The zero-order valence-electron chi connectivity index (χ0n) is 14.7. The number of ether oxygens (including phenoxy) is 2. The second-order valence-electron chi connectivity index (χ2n) is 5.99. The number of esters is 1. The molecule has 0 fully saturated rings. The first-order valence-electron chi connectivity index (χ1n) is 8.01. The van der Waals surface area contributed by atoms with E-state index >= 15 is 0 Å². The van der Waals surface area contributed by atoms with Crippen molar-refractivity contribution in [2.75, 3.05) is 14.1 Å². The molecule has 128 valence electrons. The third kappa shape index (κ3) is 6.72. The highest BCUT2D eigenvalue weighted by molar-refractivity contribution is 5.89. The number of carbonyl (C=O) groups is 2. The molecule has 0 spiro atoms. The van der Waals surface area contributed by atoms with Crippen LogP contribution in [-0.4, -0.2) is 43.3 Å². The second-order valence-corrected chi connectivity index (χ2v) is 5.99. The van der Waals surface area contributed by atoms with Gasteiger partial charge in [0, 0.05) is 20.5 Å². The SMILES string of the molecule is CCCc1ccc(C(=O)OC(C)CC(C)OC(=O)N(C)C)cc1. The fourth-order valence-corrected chi connectivity index (χ4v) is 2.19. The van der Waals surface area contributed by atoms with Crippen LogP contribution in [0.3, 0.4) is 0 Å². The lowest BCUT2D eigenvalue weighted by Gasteiger charge is -2.20. The van der Waals surface area contributed by atoms with Crippen LogP contribution in [0.25, 0.3) is 0 Å². The van der Waals surface area contributed by atoms with E-state index < -0.39 is 6.09 Å². The maximum absolute atomic E-state index is 12.1. The summed E-state index contributed by atoms with van der Waals surface area (Å²) in [5.41, 5.74) is 1.75. The summed E-state index contributed by atoms with van der Waals surface area (Å²) in [6.07, 6.45) is 1.48. The van der Waals surface area contributed by atoms with Crippen molar-refractivity contribution in [1.82, 2.24) is 4.90 Å². The van der Waals surface area contributed by atoms with Crippen molar-refractivity contribution < 1.29 is 19.1 Å². The van der Waals surface area contributed by atoms with Gasteiger partial charge in [-0.2, -0.15) is 0 Å². The summed E-state index contributed by atoms with van der Waals surface area (Å²) < 4.78 is 10.6. The summed E-state index contributed by atoms with van der Waals surface area (Å²) >= 11 is 0. The third-order valence-corrected chi connectivity index (χ3v) is 3.37. The molecule has 0 aromatic heterocycles. The molecule has 0 aliphatic carbocycles. The van der Waals surface area contributed by atoms with Gasteiger partial charge in [0.2, 0.25) is 0 Å². The van der Waals surface area contributed by atoms with Crippen LogP contribution >= 0.6 is 0 Å². The second kappa shape index (κ2) is 9.18. The number of hydrogen-bond acceptors (Lipinski definition) is 4. The Balaban J connectivity index is 2.48. The van der Waals surface area contributed by atoms with Crippen LogP contribution in [0.1, 0.15) is 49.5 Å². The van der Waals surface area contributed by atoms with Crippen LogP contribution < -0.4 is 0 Å². The highest BCUT2D eigenvalue weighted by atomic mass is 16.6. The van der Waals surface area contributed by atoms with E-state index in [2.05, 4.69) is 6.92 Å². The van der Waals surface area contributed by atoms with Crippen molar-refractivity contribution in [3.63, 3.8) is 0 Å². The average Bonchev–Trinajstić information content (AvgIpc) is 2.47. The quantitative estimate of drug-likeness (QED) is 0.719. The number of hydrogen-bond donors (Lipinski definition) is 0. The standard InChI is InChI=1S/C18H27NO4/c1-6-7-15-8-10-16(11-9-15)17(20)22-13(2)12-14(3)23-18(21)19(4)5/h8-11,13-14H,6-7,12H2,1-5H3. The predicted molar refractivity (Wildman–Crippen MR) is 89.6 cm³/mol. The fourth-order valence-electron chi connectivity index (χ4n) is 2.19. The number of benzene rings is 1. The van der Waals surface area contributed by atoms with Crippen LogP contribution in [0, 0.1) is 0 Å². The molecular formula is C18H27NO4. The van der Waals surface area contributed by atoms with Crippen molar-refractivity contribution in [1.29, 1.82) is 0 Å². The van der Waals surface area contributed by atoms with Gasteiger partial charge in [0.05, 0.1) is 5.56 Å². The Morgan fingerprint density at radius 3 is 2.13 bits per heavy atom. The molecule has 5 nitrogen and oxygen atoms in total. The molecule has 0 aliphatic rings. The first-order valence-corrected chi connectivity index (χ1v) is 8.01. The largest absolute Gasteiger partial charge is 0.459 e. The Labute approximate surface area is 138 Å². The molecule has 0 saturated heterocycles. The van der Waals surface area contributed by atoms with Crippen LogP contribution in [0.15, 0.2) is 24.3 Å². The molecule has 0 N–H and O–H groups in total.